The SMILES string of the molecule is C=C1CC2C(CC[C@@]3(CC)C2C2CC2[C@@]32C=CCO2)C2=C1CC(N=O)CC2. The first-order chi connectivity index (χ1) is 13.1. The van der Waals surface area contributed by atoms with Gasteiger partial charge in [-0.25, -0.2) is 0 Å². The smallest absolute Gasteiger partial charge is 0.0963 e. The predicted octanol–water partition coefficient (Wildman–Crippen LogP) is 5.58. The van der Waals surface area contributed by atoms with Gasteiger partial charge in [-0.05, 0) is 86.5 Å². The van der Waals surface area contributed by atoms with Gasteiger partial charge in [-0.1, -0.05) is 42.0 Å². The number of nitrogens with zero attached hydrogens (tertiary/aromatic N) is 1. The standard InChI is InChI=1S/C24H31NO2/c1-3-23-9-7-17-16-6-5-15(25-26)12-18(16)14(2)11-19(17)22(23)20-13-21(20)24(23)8-4-10-27-24/h4,8,15,17,19-22H,2-3,5-7,9-13H2,1H3/t15?,17?,19?,20?,21?,22?,23-,24-/m0/s1. The minimum absolute atomic E-state index is 0.0186. The van der Waals surface area contributed by atoms with Gasteiger partial charge in [0, 0.05) is 5.41 Å². The molecule has 0 amide bonds. The third-order valence-electron chi connectivity index (χ3n) is 9.64. The molecule has 3 fully saturated rings. The van der Waals surface area contributed by atoms with E-state index in [1.807, 2.05) is 0 Å². The van der Waals surface area contributed by atoms with Crippen LogP contribution in [0.3, 0.4) is 0 Å². The lowest BCUT2D eigenvalue weighted by Crippen LogP contribution is -2.55. The zero-order chi connectivity index (χ0) is 18.4. The molecule has 8 atom stereocenters. The van der Waals surface area contributed by atoms with Crippen molar-refractivity contribution < 1.29 is 4.74 Å². The van der Waals surface area contributed by atoms with Crippen LogP contribution in [0.25, 0.3) is 0 Å². The fraction of sp³-hybridized carbons (Fsp3) is 0.750. The minimum Gasteiger partial charge on any atom is -0.366 e. The topological polar surface area (TPSA) is 38.7 Å². The van der Waals surface area contributed by atoms with Crippen LogP contribution >= 0.6 is 0 Å². The van der Waals surface area contributed by atoms with E-state index in [4.69, 9.17) is 4.74 Å². The molecule has 1 aliphatic heterocycles. The van der Waals surface area contributed by atoms with Crippen molar-refractivity contribution in [1.82, 2.24) is 0 Å². The largest absolute Gasteiger partial charge is 0.366 e. The van der Waals surface area contributed by atoms with E-state index in [2.05, 4.69) is 30.8 Å². The van der Waals surface area contributed by atoms with Gasteiger partial charge >= 0.3 is 0 Å². The van der Waals surface area contributed by atoms with Crippen LogP contribution in [0.4, 0.5) is 0 Å². The molecule has 0 aromatic rings. The van der Waals surface area contributed by atoms with Gasteiger partial charge in [-0.3, -0.25) is 0 Å². The molecule has 0 N–H and O–H groups in total. The Balaban J connectivity index is 1.41. The van der Waals surface area contributed by atoms with E-state index in [9.17, 15) is 4.91 Å². The molecule has 0 radical (unpaired) electrons. The summed E-state index contributed by atoms with van der Waals surface area (Å²) in [6, 6.07) is -0.0186. The monoisotopic (exact) mass is 365 g/mol. The Kier molecular flexibility index (Phi) is 3.36. The number of rotatable bonds is 2. The van der Waals surface area contributed by atoms with Crippen LogP contribution in [0.15, 0.2) is 40.6 Å². The minimum atomic E-state index is -0.0186. The van der Waals surface area contributed by atoms with E-state index >= 15 is 0 Å². The molecule has 144 valence electrons. The summed E-state index contributed by atoms with van der Waals surface area (Å²) in [4.78, 5) is 11.1. The van der Waals surface area contributed by atoms with Crippen LogP contribution in [0.1, 0.15) is 58.3 Å². The van der Waals surface area contributed by atoms with E-state index < -0.39 is 0 Å². The molecule has 3 heteroatoms. The van der Waals surface area contributed by atoms with Crippen LogP contribution in [-0.2, 0) is 4.74 Å². The fourth-order valence-corrected chi connectivity index (χ4v) is 8.72. The molecule has 1 heterocycles. The Morgan fingerprint density at radius 3 is 2.93 bits per heavy atom. The summed E-state index contributed by atoms with van der Waals surface area (Å²) in [5, 5.41) is 3.37. The second-order valence-corrected chi connectivity index (χ2v) is 10.2. The quantitative estimate of drug-likeness (QED) is 0.473. The summed E-state index contributed by atoms with van der Waals surface area (Å²) in [6.07, 6.45) is 14.0. The average Bonchev–Trinajstić information content (AvgIpc) is 3.26. The van der Waals surface area contributed by atoms with Crippen molar-refractivity contribution in [3.63, 3.8) is 0 Å². The molecular formula is C24H31NO2. The van der Waals surface area contributed by atoms with E-state index in [-0.39, 0.29) is 11.6 Å². The molecular weight excluding hydrogens is 334 g/mol. The Hall–Kier alpha value is -1.22. The number of fused-ring (bicyclic) bond motifs is 8. The number of ether oxygens (including phenoxy) is 1. The van der Waals surface area contributed by atoms with Crippen molar-refractivity contribution >= 4 is 0 Å². The van der Waals surface area contributed by atoms with Gasteiger partial charge in [0.15, 0.2) is 0 Å². The van der Waals surface area contributed by atoms with Gasteiger partial charge < -0.3 is 4.74 Å². The molecule has 0 aromatic heterocycles. The van der Waals surface area contributed by atoms with Crippen LogP contribution < -0.4 is 0 Å². The Morgan fingerprint density at radius 2 is 2.19 bits per heavy atom. The Morgan fingerprint density at radius 1 is 1.30 bits per heavy atom. The summed E-state index contributed by atoms with van der Waals surface area (Å²) < 4.78 is 6.57. The van der Waals surface area contributed by atoms with Gasteiger partial charge in [-0.15, -0.1) is 0 Å². The predicted molar refractivity (Wildman–Crippen MR) is 106 cm³/mol. The van der Waals surface area contributed by atoms with Gasteiger partial charge in [0.1, 0.15) is 0 Å². The van der Waals surface area contributed by atoms with Crippen molar-refractivity contribution in [2.24, 2.45) is 40.2 Å². The summed E-state index contributed by atoms with van der Waals surface area (Å²) in [5.41, 5.74) is 4.81. The van der Waals surface area contributed by atoms with Crippen LogP contribution in [0.2, 0.25) is 0 Å². The van der Waals surface area contributed by atoms with E-state index in [1.54, 1.807) is 5.57 Å². The van der Waals surface area contributed by atoms with Gasteiger partial charge in [-0.2, -0.15) is 4.91 Å². The third-order valence-corrected chi connectivity index (χ3v) is 9.64. The summed E-state index contributed by atoms with van der Waals surface area (Å²) in [6.45, 7) is 7.73. The fourth-order valence-electron chi connectivity index (χ4n) is 8.72. The molecule has 0 saturated heterocycles. The van der Waals surface area contributed by atoms with E-state index in [1.165, 1.54) is 36.8 Å². The Labute approximate surface area is 162 Å². The third kappa shape index (κ3) is 1.88. The average molecular weight is 366 g/mol. The molecule has 5 aliphatic carbocycles. The normalized spacial score (nSPS) is 52.4. The second kappa shape index (κ2) is 5.43. The first-order valence-corrected chi connectivity index (χ1v) is 11.2. The van der Waals surface area contributed by atoms with Gasteiger partial charge in [0.2, 0.25) is 0 Å². The molecule has 6 aliphatic rings. The maximum atomic E-state index is 11.1. The maximum absolute atomic E-state index is 11.1. The summed E-state index contributed by atoms with van der Waals surface area (Å²) in [7, 11) is 0. The van der Waals surface area contributed by atoms with Crippen molar-refractivity contribution in [3.05, 3.63) is 40.4 Å². The van der Waals surface area contributed by atoms with Crippen molar-refractivity contribution in [3.8, 4) is 0 Å². The van der Waals surface area contributed by atoms with Crippen LogP contribution in [0.5, 0.6) is 0 Å². The number of hydrogen-bond donors (Lipinski definition) is 0. The number of allylic oxidation sites excluding steroid dienone is 2. The number of hydrogen-bond acceptors (Lipinski definition) is 3. The number of nitroso groups, excluding NO2 is 1. The van der Waals surface area contributed by atoms with Crippen molar-refractivity contribution in [2.45, 2.75) is 69.9 Å². The lowest BCUT2D eigenvalue weighted by Gasteiger charge is -2.57. The summed E-state index contributed by atoms with van der Waals surface area (Å²) >= 11 is 0. The zero-order valence-corrected chi connectivity index (χ0v) is 16.5. The molecule has 6 unspecified atom stereocenters. The molecule has 6 rings (SSSR count). The first kappa shape index (κ1) is 16.7. The van der Waals surface area contributed by atoms with Gasteiger partial charge in [0.05, 0.1) is 18.2 Å². The molecule has 3 nitrogen and oxygen atoms in total. The molecule has 27 heavy (non-hydrogen) atoms. The molecule has 0 aromatic carbocycles. The van der Waals surface area contributed by atoms with Gasteiger partial charge in [0.25, 0.3) is 0 Å². The highest BCUT2D eigenvalue weighted by atomic mass is 16.5. The Bertz CT molecular complexity index is 781. The lowest BCUT2D eigenvalue weighted by molar-refractivity contribution is -0.132. The van der Waals surface area contributed by atoms with Crippen molar-refractivity contribution in [2.75, 3.05) is 6.61 Å². The van der Waals surface area contributed by atoms with E-state index in [0.717, 1.165) is 61.9 Å². The molecule has 1 spiro atoms. The highest BCUT2D eigenvalue weighted by molar-refractivity contribution is 5.44. The highest BCUT2D eigenvalue weighted by Gasteiger charge is 2.77. The molecule has 3 saturated carbocycles. The summed E-state index contributed by atoms with van der Waals surface area (Å²) in [5.74, 6) is 3.89. The molecule has 0 bridgehead atoms. The first-order valence-electron chi connectivity index (χ1n) is 11.2. The highest BCUT2D eigenvalue weighted by Crippen LogP contribution is 2.78. The lowest BCUT2D eigenvalue weighted by atomic mass is 9.49. The maximum Gasteiger partial charge on any atom is 0.0963 e. The second-order valence-electron chi connectivity index (χ2n) is 10.2. The van der Waals surface area contributed by atoms with E-state index in [0.29, 0.717) is 5.41 Å². The van der Waals surface area contributed by atoms with Crippen molar-refractivity contribution in [1.29, 1.82) is 0 Å². The zero-order valence-electron chi connectivity index (χ0n) is 16.5. The van der Waals surface area contributed by atoms with Crippen LogP contribution in [0, 0.1) is 39.9 Å². The van der Waals surface area contributed by atoms with Crippen LogP contribution in [-0.4, -0.2) is 18.2 Å².